The third-order valence-electron chi connectivity index (χ3n) is 4.58. The van der Waals surface area contributed by atoms with Gasteiger partial charge in [-0.1, -0.05) is 17.9 Å². The van der Waals surface area contributed by atoms with Crippen LogP contribution in [-0.2, 0) is 0 Å². The number of methoxy groups -OCH3 is 1. The molecule has 106 valence electrons. The Morgan fingerprint density at radius 2 is 2.30 bits per heavy atom. The molecule has 3 atom stereocenters. The summed E-state index contributed by atoms with van der Waals surface area (Å²) in [5.41, 5.74) is 0.0565. The molecule has 0 bridgehead atoms. The molecule has 3 unspecified atom stereocenters. The first-order valence-corrected chi connectivity index (χ1v) is 7.31. The fraction of sp³-hybridized carbons (Fsp3) is 0.529. The van der Waals surface area contributed by atoms with E-state index < -0.39 is 5.60 Å². The molecule has 0 spiro atoms. The molecule has 2 N–H and O–H groups in total. The van der Waals surface area contributed by atoms with Crippen LogP contribution in [0.1, 0.15) is 24.8 Å². The van der Waals surface area contributed by atoms with Gasteiger partial charge in [0, 0.05) is 18.0 Å². The van der Waals surface area contributed by atoms with E-state index in [4.69, 9.17) is 4.74 Å². The van der Waals surface area contributed by atoms with E-state index in [9.17, 15) is 5.11 Å². The Bertz CT molecular complexity index is 545. The fourth-order valence-corrected chi connectivity index (χ4v) is 3.45. The predicted molar refractivity (Wildman–Crippen MR) is 78.5 cm³/mol. The van der Waals surface area contributed by atoms with E-state index in [2.05, 4.69) is 17.2 Å². The zero-order chi connectivity index (χ0) is 14.0. The Morgan fingerprint density at radius 1 is 1.40 bits per heavy atom. The molecule has 3 heteroatoms. The number of hydrogen-bond acceptors (Lipinski definition) is 3. The van der Waals surface area contributed by atoms with Crippen molar-refractivity contribution < 1.29 is 9.84 Å². The minimum atomic E-state index is -0.838. The van der Waals surface area contributed by atoms with Crippen LogP contribution in [0.4, 0.5) is 0 Å². The van der Waals surface area contributed by atoms with Gasteiger partial charge in [-0.15, -0.1) is 0 Å². The van der Waals surface area contributed by atoms with Crippen LogP contribution in [0.15, 0.2) is 24.3 Å². The highest BCUT2D eigenvalue weighted by Gasteiger charge is 2.45. The van der Waals surface area contributed by atoms with Crippen LogP contribution in [0.25, 0.3) is 0 Å². The smallest absolute Gasteiger partial charge is 0.130 e. The maximum atomic E-state index is 10.9. The molecule has 0 aromatic heterocycles. The van der Waals surface area contributed by atoms with Gasteiger partial charge in [-0.2, -0.15) is 0 Å². The molecule has 1 saturated carbocycles. The molecular formula is C17H21NO2. The van der Waals surface area contributed by atoms with Gasteiger partial charge in [-0.25, -0.2) is 0 Å². The molecule has 0 radical (unpaired) electrons. The monoisotopic (exact) mass is 271 g/mol. The second-order valence-corrected chi connectivity index (χ2v) is 5.82. The molecule has 1 aliphatic carbocycles. The van der Waals surface area contributed by atoms with E-state index in [1.54, 1.807) is 7.11 Å². The average molecular weight is 271 g/mol. The van der Waals surface area contributed by atoms with Gasteiger partial charge < -0.3 is 15.2 Å². The summed E-state index contributed by atoms with van der Waals surface area (Å²) < 4.78 is 5.20. The van der Waals surface area contributed by atoms with Gasteiger partial charge in [0.2, 0.25) is 0 Å². The summed E-state index contributed by atoms with van der Waals surface area (Å²) in [6.07, 6.45) is 3.06. The summed E-state index contributed by atoms with van der Waals surface area (Å²) in [7, 11) is 1.65. The van der Waals surface area contributed by atoms with Crippen molar-refractivity contribution >= 4 is 0 Å². The number of nitrogens with one attached hydrogen (secondary N) is 1. The third-order valence-corrected chi connectivity index (χ3v) is 4.58. The average Bonchev–Trinajstić information content (AvgIpc) is 2.96. The second kappa shape index (κ2) is 5.47. The van der Waals surface area contributed by atoms with Gasteiger partial charge >= 0.3 is 0 Å². The highest BCUT2D eigenvalue weighted by atomic mass is 16.5. The lowest BCUT2D eigenvalue weighted by atomic mass is 9.71. The summed E-state index contributed by atoms with van der Waals surface area (Å²) in [4.78, 5) is 0. The Morgan fingerprint density at radius 3 is 3.15 bits per heavy atom. The van der Waals surface area contributed by atoms with E-state index in [-0.39, 0.29) is 5.92 Å². The summed E-state index contributed by atoms with van der Waals surface area (Å²) in [6, 6.07) is 7.68. The van der Waals surface area contributed by atoms with E-state index in [0.717, 1.165) is 37.2 Å². The molecule has 3 nitrogen and oxygen atoms in total. The molecular weight excluding hydrogens is 250 g/mol. The van der Waals surface area contributed by atoms with Crippen molar-refractivity contribution in [1.82, 2.24) is 5.32 Å². The Hall–Kier alpha value is -1.50. The number of ether oxygens (including phenoxy) is 1. The normalized spacial score (nSPS) is 32.1. The molecule has 1 aliphatic heterocycles. The number of fused-ring (bicyclic) bond motifs is 1. The van der Waals surface area contributed by atoms with E-state index in [1.165, 1.54) is 6.42 Å². The van der Waals surface area contributed by atoms with Crippen molar-refractivity contribution in [2.24, 2.45) is 11.8 Å². The van der Waals surface area contributed by atoms with Crippen molar-refractivity contribution in [3.8, 4) is 17.6 Å². The molecule has 1 aromatic rings. The van der Waals surface area contributed by atoms with Crippen molar-refractivity contribution in [1.29, 1.82) is 0 Å². The molecule has 2 aliphatic rings. The lowest BCUT2D eigenvalue weighted by Gasteiger charge is -2.37. The number of hydrogen-bond donors (Lipinski definition) is 2. The van der Waals surface area contributed by atoms with Gasteiger partial charge in [-0.3, -0.25) is 0 Å². The van der Waals surface area contributed by atoms with E-state index >= 15 is 0 Å². The van der Waals surface area contributed by atoms with E-state index in [1.807, 2.05) is 24.3 Å². The summed E-state index contributed by atoms with van der Waals surface area (Å²) in [5, 5.41) is 14.3. The van der Waals surface area contributed by atoms with Crippen molar-refractivity contribution in [2.75, 3.05) is 20.2 Å². The first-order chi connectivity index (χ1) is 9.71. The fourth-order valence-electron chi connectivity index (χ4n) is 3.45. The van der Waals surface area contributed by atoms with Crippen LogP contribution in [-0.4, -0.2) is 30.9 Å². The number of aliphatic hydroxyl groups is 1. The largest absolute Gasteiger partial charge is 0.497 e. The van der Waals surface area contributed by atoms with E-state index in [0.29, 0.717) is 5.92 Å². The number of benzene rings is 1. The van der Waals surface area contributed by atoms with Crippen LogP contribution in [0.5, 0.6) is 5.75 Å². The molecule has 1 heterocycles. The minimum absolute atomic E-state index is 0.273. The molecule has 3 rings (SSSR count). The van der Waals surface area contributed by atoms with Crippen LogP contribution < -0.4 is 10.1 Å². The Kier molecular flexibility index (Phi) is 3.69. The summed E-state index contributed by atoms with van der Waals surface area (Å²) in [6.45, 7) is 1.90. The first-order valence-electron chi connectivity index (χ1n) is 7.31. The van der Waals surface area contributed by atoms with Gasteiger partial charge in [-0.05, 0) is 49.9 Å². The minimum Gasteiger partial charge on any atom is -0.497 e. The van der Waals surface area contributed by atoms with Crippen molar-refractivity contribution in [3.63, 3.8) is 0 Å². The Labute approximate surface area is 120 Å². The zero-order valence-electron chi connectivity index (χ0n) is 11.9. The maximum Gasteiger partial charge on any atom is 0.130 e. The molecule has 0 amide bonds. The highest BCUT2D eigenvalue weighted by Crippen LogP contribution is 2.39. The van der Waals surface area contributed by atoms with Gasteiger partial charge in [0.05, 0.1) is 7.11 Å². The van der Waals surface area contributed by atoms with Crippen molar-refractivity contribution in [2.45, 2.75) is 24.9 Å². The van der Waals surface area contributed by atoms with Crippen LogP contribution in [0.2, 0.25) is 0 Å². The maximum absolute atomic E-state index is 10.9. The van der Waals surface area contributed by atoms with Gasteiger partial charge in [0.25, 0.3) is 0 Å². The van der Waals surface area contributed by atoms with Crippen LogP contribution in [0.3, 0.4) is 0 Å². The zero-order valence-corrected chi connectivity index (χ0v) is 11.9. The van der Waals surface area contributed by atoms with Crippen LogP contribution >= 0.6 is 0 Å². The number of rotatable bonds is 1. The molecule has 1 saturated heterocycles. The lowest BCUT2D eigenvalue weighted by molar-refractivity contribution is -0.00658. The molecule has 2 fully saturated rings. The topological polar surface area (TPSA) is 41.5 Å². The summed E-state index contributed by atoms with van der Waals surface area (Å²) >= 11 is 0. The van der Waals surface area contributed by atoms with Crippen LogP contribution in [0, 0.1) is 23.7 Å². The summed E-state index contributed by atoms with van der Waals surface area (Å²) in [5.74, 6) is 7.93. The van der Waals surface area contributed by atoms with Crippen molar-refractivity contribution in [3.05, 3.63) is 29.8 Å². The second-order valence-electron chi connectivity index (χ2n) is 5.82. The molecule has 20 heavy (non-hydrogen) atoms. The lowest BCUT2D eigenvalue weighted by Crippen LogP contribution is -2.44. The van der Waals surface area contributed by atoms with Gasteiger partial charge in [0.1, 0.15) is 11.4 Å². The highest BCUT2D eigenvalue weighted by molar-refractivity contribution is 5.41. The van der Waals surface area contributed by atoms with Gasteiger partial charge in [0.15, 0.2) is 0 Å². The first kappa shape index (κ1) is 13.5. The quantitative estimate of drug-likeness (QED) is 0.765. The standard InChI is InChI=1S/C17H21NO2/c1-20-15-6-2-4-13(10-15)7-9-17(19)8-3-5-14-11-18-12-16(14)17/h2,4,6,10,14,16,18-19H,3,5,8,11-12H2,1H3. The Balaban J connectivity index is 1.84. The third kappa shape index (κ3) is 2.54. The molecule has 1 aromatic carbocycles. The SMILES string of the molecule is COc1cccc(C#CC2(O)CCCC3CNCC32)c1. The predicted octanol–water partition coefficient (Wildman–Crippen LogP) is 1.80.